The molecule has 148 valence electrons. The molecule has 0 spiro atoms. The Bertz CT molecular complexity index is 1050. The minimum absolute atomic E-state index is 0.0785. The van der Waals surface area contributed by atoms with E-state index in [0.717, 1.165) is 6.07 Å². The van der Waals surface area contributed by atoms with Gasteiger partial charge in [-0.05, 0) is 30.3 Å². The molecular formula is C18H14FN5O5. The zero-order chi connectivity index (χ0) is 20.8. The maximum Gasteiger partial charge on any atom is 0.316 e. The summed E-state index contributed by atoms with van der Waals surface area (Å²) in [6, 6.07) is 10.7. The highest BCUT2D eigenvalue weighted by Gasteiger charge is 2.16. The molecule has 29 heavy (non-hydrogen) atoms. The molecule has 1 aromatic heterocycles. The van der Waals surface area contributed by atoms with E-state index in [-0.39, 0.29) is 36.1 Å². The van der Waals surface area contributed by atoms with Crippen LogP contribution in [0.25, 0.3) is 11.4 Å². The number of nitrogens with one attached hydrogen (secondary N) is 2. The van der Waals surface area contributed by atoms with Gasteiger partial charge in [0.2, 0.25) is 5.82 Å². The molecule has 0 aliphatic heterocycles. The highest BCUT2D eigenvalue weighted by molar-refractivity contribution is 5.94. The normalized spacial score (nSPS) is 10.4. The third kappa shape index (κ3) is 4.97. The smallest absolute Gasteiger partial charge is 0.316 e. The van der Waals surface area contributed by atoms with E-state index in [1.54, 1.807) is 0 Å². The Morgan fingerprint density at radius 3 is 2.41 bits per heavy atom. The van der Waals surface area contributed by atoms with E-state index >= 15 is 0 Å². The summed E-state index contributed by atoms with van der Waals surface area (Å²) < 4.78 is 18.0. The van der Waals surface area contributed by atoms with Crippen molar-refractivity contribution in [1.29, 1.82) is 0 Å². The van der Waals surface area contributed by atoms with Crippen LogP contribution in [0.15, 0.2) is 53.1 Å². The fourth-order valence-corrected chi connectivity index (χ4v) is 2.32. The van der Waals surface area contributed by atoms with Crippen LogP contribution in [0.2, 0.25) is 0 Å². The van der Waals surface area contributed by atoms with Gasteiger partial charge in [0.15, 0.2) is 0 Å². The molecule has 10 nitrogen and oxygen atoms in total. The topological polar surface area (TPSA) is 140 Å². The number of nitro benzene ring substituents is 1. The maximum absolute atomic E-state index is 13.1. The fourth-order valence-electron chi connectivity index (χ4n) is 2.32. The van der Waals surface area contributed by atoms with E-state index in [1.165, 1.54) is 42.5 Å². The Hall–Kier alpha value is -4.15. The molecule has 0 fully saturated rings. The SMILES string of the molecule is O=C(NCCNC(=O)c1nc(-c2ccc([N+](=O)[O-])cc2)no1)c1cccc(F)c1. The number of amides is 2. The van der Waals surface area contributed by atoms with Crippen LogP contribution in [0.5, 0.6) is 0 Å². The van der Waals surface area contributed by atoms with E-state index in [2.05, 4.69) is 20.8 Å². The molecule has 0 atom stereocenters. The number of nitrogens with zero attached hydrogens (tertiary/aromatic N) is 3. The summed E-state index contributed by atoms with van der Waals surface area (Å²) >= 11 is 0. The van der Waals surface area contributed by atoms with Crippen molar-refractivity contribution in [2.24, 2.45) is 0 Å². The number of hydrogen-bond donors (Lipinski definition) is 2. The predicted octanol–water partition coefficient (Wildman–Crippen LogP) is 1.94. The summed E-state index contributed by atoms with van der Waals surface area (Å²) in [4.78, 5) is 38.0. The number of non-ortho nitro benzene ring substituents is 1. The van der Waals surface area contributed by atoms with Crippen LogP contribution in [0.3, 0.4) is 0 Å². The Labute approximate surface area is 162 Å². The van der Waals surface area contributed by atoms with Gasteiger partial charge in [-0.2, -0.15) is 4.98 Å². The van der Waals surface area contributed by atoms with Gasteiger partial charge in [0.1, 0.15) is 5.82 Å². The molecule has 3 aromatic rings. The second kappa shape index (κ2) is 8.69. The van der Waals surface area contributed by atoms with Gasteiger partial charge < -0.3 is 15.2 Å². The van der Waals surface area contributed by atoms with Crippen molar-refractivity contribution in [2.75, 3.05) is 13.1 Å². The number of rotatable bonds is 7. The molecule has 2 aromatic carbocycles. The molecule has 0 unspecified atom stereocenters. The Morgan fingerprint density at radius 1 is 1.07 bits per heavy atom. The average molecular weight is 399 g/mol. The zero-order valence-electron chi connectivity index (χ0n) is 14.8. The molecule has 0 radical (unpaired) electrons. The van der Waals surface area contributed by atoms with Crippen LogP contribution < -0.4 is 10.6 Å². The molecule has 0 saturated heterocycles. The van der Waals surface area contributed by atoms with E-state index < -0.39 is 22.6 Å². The van der Waals surface area contributed by atoms with Gasteiger partial charge in [-0.3, -0.25) is 19.7 Å². The second-order valence-corrected chi connectivity index (χ2v) is 5.75. The molecule has 11 heteroatoms. The van der Waals surface area contributed by atoms with Crippen molar-refractivity contribution in [3.8, 4) is 11.4 Å². The molecule has 0 aliphatic rings. The molecule has 0 bridgehead atoms. The van der Waals surface area contributed by atoms with Gasteiger partial charge in [0.25, 0.3) is 11.6 Å². The number of hydrogen-bond acceptors (Lipinski definition) is 7. The molecule has 0 aliphatic carbocycles. The molecular weight excluding hydrogens is 385 g/mol. The van der Waals surface area contributed by atoms with Crippen LogP contribution in [0, 0.1) is 15.9 Å². The lowest BCUT2D eigenvalue weighted by atomic mass is 10.2. The lowest BCUT2D eigenvalue weighted by molar-refractivity contribution is -0.384. The first-order chi connectivity index (χ1) is 13.9. The van der Waals surface area contributed by atoms with Crippen molar-refractivity contribution in [3.63, 3.8) is 0 Å². The lowest BCUT2D eigenvalue weighted by Gasteiger charge is -2.05. The number of benzene rings is 2. The Balaban J connectivity index is 1.50. The molecule has 1 heterocycles. The second-order valence-electron chi connectivity index (χ2n) is 5.75. The van der Waals surface area contributed by atoms with Gasteiger partial charge in [0.05, 0.1) is 4.92 Å². The van der Waals surface area contributed by atoms with Crippen molar-refractivity contribution in [3.05, 3.63) is 75.9 Å². The number of aromatic nitrogens is 2. The summed E-state index contributed by atoms with van der Waals surface area (Å²) in [5, 5.41) is 19.4. The van der Waals surface area contributed by atoms with Gasteiger partial charge in [-0.15, -0.1) is 0 Å². The van der Waals surface area contributed by atoms with Crippen LogP contribution in [0.1, 0.15) is 21.0 Å². The van der Waals surface area contributed by atoms with Crippen molar-refractivity contribution >= 4 is 17.5 Å². The van der Waals surface area contributed by atoms with E-state index in [9.17, 15) is 24.1 Å². The summed E-state index contributed by atoms with van der Waals surface area (Å²) in [7, 11) is 0. The maximum atomic E-state index is 13.1. The van der Waals surface area contributed by atoms with Crippen molar-refractivity contribution in [1.82, 2.24) is 20.8 Å². The van der Waals surface area contributed by atoms with E-state index in [1.807, 2.05) is 0 Å². The quantitative estimate of drug-likeness (QED) is 0.351. The fraction of sp³-hybridized carbons (Fsp3) is 0.111. The number of carbonyl (C=O) groups excluding carboxylic acids is 2. The zero-order valence-corrected chi connectivity index (χ0v) is 14.8. The summed E-state index contributed by atoms with van der Waals surface area (Å²) in [5.74, 6) is -1.84. The molecule has 2 N–H and O–H groups in total. The van der Waals surface area contributed by atoms with Crippen LogP contribution in [0.4, 0.5) is 10.1 Å². The van der Waals surface area contributed by atoms with Gasteiger partial charge in [0, 0.05) is 36.3 Å². The lowest BCUT2D eigenvalue weighted by Crippen LogP contribution is -2.34. The largest absolute Gasteiger partial charge is 0.350 e. The van der Waals surface area contributed by atoms with E-state index in [4.69, 9.17) is 4.52 Å². The van der Waals surface area contributed by atoms with Crippen LogP contribution in [-0.4, -0.2) is 40.0 Å². The van der Waals surface area contributed by atoms with Gasteiger partial charge in [-0.25, -0.2) is 4.39 Å². The van der Waals surface area contributed by atoms with Gasteiger partial charge in [-0.1, -0.05) is 11.2 Å². The molecule has 3 rings (SSSR count). The third-order valence-corrected chi connectivity index (χ3v) is 3.74. The highest BCUT2D eigenvalue weighted by Crippen LogP contribution is 2.19. The van der Waals surface area contributed by atoms with Crippen LogP contribution >= 0.6 is 0 Å². The number of nitro groups is 1. The first-order valence-corrected chi connectivity index (χ1v) is 8.34. The summed E-state index contributed by atoms with van der Waals surface area (Å²) in [6.45, 7) is 0.180. The van der Waals surface area contributed by atoms with Crippen molar-refractivity contribution in [2.45, 2.75) is 0 Å². The predicted molar refractivity (Wildman–Crippen MR) is 97.5 cm³/mol. The Kier molecular flexibility index (Phi) is 5.88. The monoisotopic (exact) mass is 399 g/mol. The highest BCUT2D eigenvalue weighted by atomic mass is 19.1. The molecule has 2 amide bonds. The summed E-state index contributed by atoms with van der Waals surface area (Å²) in [5.41, 5.74) is 0.525. The van der Waals surface area contributed by atoms with E-state index in [0.29, 0.717) is 5.56 Å². The number of halogens is 1. The first kappa shape index (κ1) is 19.6. The van der Waals surface area contributed by atoms with Crippen LogP contribution in [-0.2, 0) is 0 Å². The summed E-state index contributed by atoms with van der Waals surface area (Å²) in [6.07, 6.45) is 0. The third-order valence-electron chi connectivity index (χ3n) is 3.74. The average Bonchev–Trinajstić information content (AvgIpc) is 3.21. The molecule has 0 saturated carbocycles. The van der Waals surface area contributed by atoms with Crippen molar-refractivity contribution < 1.29 is 23.4 Å². The number of carbonyl (C=O) groups is 2. The standard InChI is InChI=1S/C18H14FN5O5/c19-13-3-1-2-12(10-13)16(25)20-8-9-21-17(26)18-22-15(23-29-18)11-4-6-14(7-5-11)24(27)28/h1-7,10H,8-9H2,(H,20,25)(H,21,26). The first-order valence-electron chi connectivity index (χ1n) is 8.34. The Morgan fingerprint density at radius 2 is 1.76 bits per heavy atom. The van der Waals surface area contributed by atoms with Gasteiger partial charge >= 0.3 is 11.8 Å². The minimum atomic E-state index is -0.648. The minimum Gasteiger partial charge on any atom is -0.350 e.